The fourth-order valence-electron chi connectivity index (χ4n) is 3.64. The van der Waals surface area contributed by atoms with Gasteiger partial charge in [-0.2, -0.15) is 4.31 Å². The third-order valence-electron chi connectivity index (χ3n) is 5.35. The first-order valence-corrected chi connectivity index (χ1v) is 11.1. The number of carbonyl (C=O) groups excluding carboxylic acids is 1. The summed E-state index contributed by atoms with van der Waals surface area (Å²) in [6.07, 6.45) is 2.96. The van der Waals surface area contributed by atoms with Crippen LogP contribution in [0.2, 0.25) is 0 Å². The van der Waals surface area contributed by atoms with Gasteiger partial charge in [-0.25, -0.2) is 8.42 Å². The van der Waals surface area contributed by atoms with Gasteiger partial charge in [-0.3, -0.25) is 14.1 Å². The summed E-state index contributed by atoms with van der Waals surface area (Å²) in [5.74, 6) is 0.571. The molecule has 10 nitrogen and oxygen atoms in total. The molecular formula is C17H24N6O4S. The predicted molar refractivity (Wildman–Crippen MR) is 101 cm³/mol. The molecule has 2 fully saturated rings. The monoisotopic (exact) mass is 408 g/mol. The molecule has 0 unspecified atom stereocenters. The summed E-state index contributed by atoms with van der Waals surface area (Å²) in [5.41, 5.74) is 1.17. The van der Waals surface area contributed by atoms with E-state index in [0.29, 0.717) is 63.0 Å². The Morgan fingerprint density at radius 1 is 1.14 bits per heavy atom. The Bertz CT molecular complexity index is 985. The number of ether oxygens (including phenoxy) is 1. The zero-order chi connectivity index (χ0) is 19.9. The van der Waals surface area contributed by atoms with Crippen molar-refractivity contribution in [1.29, 1.82) is 0 Å². The summed E-state index contributed by atoms with van der Waals surface area (Å²) in [6.45, 7) is 3.57. The van der Waals surface area contributed by atoms with Crippen LogP contribution >= 0.6 is 0 Å². The number of fused-ring (bicyclic) bond motifs is 1. The second kappa shape index (κ2) is 7.39. The van der Waals surface area contributed by atoms with Crippen LogP contribution < -0.4 is 0 Å². The Labute approximate surface area is 163 Å². The highest BCUT2D eigenvalue weighted by Crippen LogP contribution is 2.25. The Kier molecular flexibility index (Phi) is 5.08. The molecule has 0 bridgehead atoms. The van der Waals surface area contributed by atoms with Crippen LogP contribution in [-0.2, 0) is 14.8 Å². The largest absolute Gasteiger partial charge is 0.378 e. The standard InChI is InChI=1S/C17H24N6O4S/c1-20-5-6-22(28(2,25)26)12-14(20)16-19-18-15-4-3-13(11-23(15)16)17(24)21-7-9-27-10-8-21/h3-4,11,14H,5-10,12H2,1-2H3/t14-/m0/s1. The van der Waals surface area contributed by atoms with E-state index < -0.39 is 10.0 Å². The van der Waals surface area contributed by atoms with Gasteiger partial charge < -0.3 is 9.64 Å². The first-order valence-electron chi connectivity index (χ1n) is 9.21. The van der Waals surface area contributed by atoms with Crippen LogP contribution in [0.3, 0.4) is 0 Å². The SMILES string of the molecule is CN1CCN(S(C)(=O)=O)C[C@H]1c1nnc2ccc(C(=O)N3CCOCC3)cn12. The quantitative estimate of drug-likeness (QED) is 0.672. The van der Waals surface area contributed by atoms with Gasteiger partial charge in [0.15, 0.2) is 11.5 Å². The molecule has 28 heavy (non-hydrogen) atoms. The van der Waals surface area contributed by atoms with Gasteiger partial charge in [0.1, 0.15) is 0 Å². The van der Waals surface area contributed by atoms with Crippen LogP contribution in [0, 0.1) is 0 Å². The van der Waals surface area contributed by atoms with Gasteiger partial charge in [-0.05, 0) is 19.2 Å². The number of morpholine rings is 1. The Morgan fingerprint density at radius 2 is 1.89 bits per heavy atom. The smallest absolute Gasteiger partial charge is 0.255 e. The lowest BCUT2D eigenvalue weighted by atomic mass is 10.2. The summed E-state index contributed by atoms with van der Waals surface area (Å²) in [6, 6.07) is 3.27. The number of pyridine rings is 1. The molecule has 0 radical (unpaired) electrons. The molecule has 2 aromatic rings. The minimum Gasteiger partial charge on any atom is -0.378 e. The van der Waals surface area contributed by atoms with E-state index in [1.807, 2.05) is 7.05 Å². The molecule has 4 heterocycles. The van der Waals surface area contributed by atoms with E-state index in [4.69, 9.17) is 4.74 Å². The van der Waals surface area contributed by atoms with E-state index >= 15 is 0 Å². The van der Waals surface area contributed by atoms with E-state index in [1.165, 1.54) is 10.6 Å². The molecule has 0 aromatic carbocycles. The van der Waals surface area contributed by atoms with Crippen LogP contribution in [0.1, 0.15) is 22.2 Å². The minimum absolute atomic E-state index is 0.0559. The molecule has 0 N–H and O–H groups in total. The number of likely N-dealkylation sites (N-methyl/N-ethyl adjacent to an activating group) is 1. The molecule has 11 heteroatoms. The fraction of sp³-hybridized carbons (Fsp3) is 0.588. The summed E-state index contributed by atoms with van der Waals surface area (Å²) in [5, 5.41) is 8.51. The van der Waals surface area contributed by atoms with Crippen LogP contribution in [0.15, 0.2) is 18.3 Å². The highest BCUT2D eigenvalue weighted by atomic mass is 32.2. The third-order valence-corrected chi connectivity index (χ3v) is 6.62. The van der Waals surface area contributed by atoms with Crippen LogP contribution in [-0.4, -0.2) is 102 Å². The maximum atomic E-state index is 12.8. The van der Waals surface area contributed by atoms with Gasteiger partial charge in [0, 0.05) is 38.9 Å². The Balaban J connectivity index is 1.66. The summed E-state index contributed by atoms with van der Waals surface area (Å²) in [7, 11) is -1.35. The minimum atomic E-state index is -3.29. The summed E-state index contributed by atoms with van der Waals surface area (Å²) in [4.78, 5) is 16.7. The van der Waals surface area contributed by atoms with Gasteiger partial charge >= 0.3 is 0 Å². The zero-order valence-corrected chi connectivity index (χ0v) is 16.8. The molecule has 1 amide bonds. The molecule has 2 aromatic heterocycles. The average molecular weight is 408 g/mol. The average Bonchev–Trinajstić information content (AvgIpc) is 3.10. The first kappa shape index (κ1) is 19.2. The summed E-state index contributed by atoms with van der Waals surface area (Å²) >= 11 is 0. The van der Waals surface area contributed by atoms with Crippen molar-refractivity contribution in [2.75, 3.05) is 59.2 Å². The van der Waals surface area contributed by atoms with Crippen LogP contribution in [0.5, 0.6) is 0 Å². The second-order valence-electron chi connectivity index (χ2n) is 7.23. The molecule has 4 rings (SSSR count). The molecule has 0 saturated carbocycles. The van der Waals surface area contributed by atoms with Gasteiger partial charge in [-0.1, -0.05) is 0 Å². The lowest BCUT2D eigenvalue weighted by Gasteiger charge is -2.37. The second-order valence-corrected chi connectivity index (χ2v) is 9.21. The van der Waals surface area contributed by atoms with Crippen molar-refractivity contribution in [3.05, 3.63) is 29.7 Å². The van der Waals surface area contributed by atoms with E-state index in [9.17, 15) is 13.2 Å². The van der Waals surface area contributed by atoms with Crippen molar-refractivity contribution in [3.63, 3.8) is 0 Å². The van der Waals surface area contributed by atoms with E-state index in [-0.39, 0.29) is 11.9 Å². The number of hydrogen-bond donors (Lipinski definition) is 0. The number of amides is 1. The van der Waals surface area contributed by atoms with Crippen molar-refractivity contribution in [2.45, 2.75) is 6.04 Å². The molecule has 2 aliphatic rings. The molecule has 0 aliphatic carbocycles. The zero-order valence-electron chi connectivity index (χ0n) is 16.0. The van der Waals surface area contributed by atoms with Gasteiger partial charge in [0.25, 0.3) is 5.91 Å². The van der Waals surface area contributed by atoms with Crippen LogP contribution in [0.4, 0.5) is 0 Å². The van der Waals surface area contributed by atoms with Gasteiger partial charge in [0.05, 0.1) is 31.1 Å². The number of hydrogen-bond acceptors (Lipinski definition) is 7. The maximum Gasteiger partial charge on any atom is 0.255 e. The number of piperazine rings is 1. The molecule has 1 atom stereocenters. The lowest BCUT2D eigenvalue weighted by Crippen LogP contribution is -2.49. The topological polar surface area (TPSA) is 100 Å². The normalized spacial score (nSPS) is 22.6. The Hall–Kier alpha value is -2.08. The first-order chi connectivity index (χ1) is 13.3. The van der Waals surface area contributed by atoms with Crippen molar-refractivity contribution in [1.82, 2.24) is 28.7 Å². The highest BCUT2D eigenvalue weighted by molar-refractivity contribution is 7.88. The maximum absolute atomic E-state index is 12.8. The van der Waals surface area contributed by atoms with E-state index in [2.05, 4.69) is 15.1 Å². The summed E-state index contributed by atoms with van der Waals surface area (Å²) < 4.78 is 32.6. The number of carbonyl (C=O) groups is 1. The number of aromatic nitrogens is 3. The number of sulfonamides is 1. The Morgan fingerprint density at radius 3 is 2.61 bits per heavy atom. The van der Waals surface area contributed by atoms with Crippen molar-refractivity contribution in [2.24, 2.45) is 0 Å². The third kappa shape index (κ3) is 3.62. The molecular weight excluding hydrogens is 384 g/mol. The van der Waals surface area contributed by atoms with Crippen LogP contribution in [0.25, 0.3) is 5.65 Å². The molecule has 2 aliphatic heterocycles. The molecule has 2 saturated heterocycles. The van der Waals surface area contributed by atoms with E-state index in [1.54, 1.807) is 27.6 Å². The molecule has 152 valence electrons. The fourth-order valence-corrected chi connectivity index (χ4v) is 4.47. The number of nitrogens with zero attached hydrogens (tertiary/aromatic N) is 6. The van der Waals surface area contributed by atoms with Crippen molar-refractivity contribution >= 4 is 21.6 Å². The molecule has 0 spiro atoms. The number of rotatable bonds is 3. The van der Waals surface area contributed by atoms with Crippen molar-refractivity contribution < 1.29 is 17.9 Å². The van der Waals surface area contributed by atoms with E-state index in [0.717, 1.165) is 0 Å². The van der Waals surface area contributed by atoms with Crippen molar-refractivity contribution in [3.8, 4) is 0 Å². The lowest BCUT2D eigenvalue weighted by molar-refractivity contribution is 0.0302. The predicted octanol–water partition coefficient (Wildman–Crippen LogP) is -0.550. The van der Waals surface area contributed by atoms with Gasteiger partial charge in [0.2, 0.25) is 10.0 Å². The van der Waals surface area contributed by atoms with Gasteiger partial charge in [-0.15, -0.1) is 10.2 Å². The highest BCUT2D eigenvalue weighted by Gasteiger charge is 2.33.